The number of fused-ring (bicyclic) bond motifs is 1. The van der Waals surface area contributed by atoms with E-state index >= 15 is 0 Å². The highest BCUT2D eigenvalue weighted by molar-refractivity contribution is 6.15. The van der Waals surface area contributed by atoms with Crippen LogP contribution in [0.15, 0.2) is 18.2 Å². The van der Waals surface area contributed by atoms with Gasteiger partial charge in [-0.1, -0.05) is 0 Å². The van der Waals surface area contributed by atoms with E-state index in [-0.39, 0.29) is 16.7 Å². The molecule has 0 atom stereocenters. The fourth-order valence-corrected chi connectivity index (χ4v) is 1.24. The van der Waals surface area contributed by atoms with Crippen LogP contribution in [0, 0.1) is 0 Å². The fourth-order valence-electron chi connectivity index (χ4n) is 1.24. The molecule has 0 saturated carbocycles. The maximum absolute atomic E-state index is 11.1. The summed E-state index contributed by atoms with van der Waals surface area (Å²) in [6.07, 6.45) is 0. The summed E-state index contributed by atoms with van der Waals surface area (Å²) in [7, 11) is 0. The Hall–Kier alpha value is -2.17. The minimum atomic E-state index is -0.742. The van der Waals surface area contributed by atoms with Crippen molar-refractivity contribution in [2.75, 3.05) is 0 Å². The van der Waals surface area contributed by atoms with Gasteiger partial charge in [-0.3, -0.25) is 4.79 Å². The Morgan fingerprint density at radius 3 is 2.43 bits per heavy atom. The molecule has 70 valence electrons. The number of primary amides is 1. The SMILES string of the molecule is NC(=O)c1ccc2c(c1)C(=O)OC2=O. The molecule has 2 N–H and O–H groups in total. The van der Waals surface area contributed by atoms with Crippen LogP contribution in [0.4, 0.5) is 0 Å². The first-order chi connectivity index (χ1) is 6.59. The summed E-state index contributed by atoms with van der Waals surface area (Å²) in [5.74, 6) is -2.09. The van der Waals surface area contributed by atoms with Crippen LogP contribution in [0.3, 0.4) is 0 Å². The fraction of sp³-hybridized carbons (Fsp3) is 0. The quantitative estimate of drug-likeness (QED) is 0.503. The van der Waals surface area contributed by atoms with Crippen LogP contribution < -0.4 is 5.73 Å². The highest BCUT2D eigenvalue weighted by Crippen LogP contribution is 2.20. The molecule has 0 aromatic heterocycles. The topological polar surface area (TPSA) is 86.5 Å². The summed E-state index contributed by atoms with van der Waals surface area (Å²) >= 11 is 0. The molecule has 0 bridgehead atoms. The van der Waals surface area contributed by atoms with Gasteiger partial charge in [-0.2, -0.15) is 0 Å². The van der Waals surface area contributed by atoms with Gasteiger partial charge in [0.1, 0.15) is 0 Å². The van der Waals surface area contributed by atoms with Crippen LogP contribution >= 0.6 is 0 Å². The molecule has 1 amide bonds. The standard InChI is InChI=1S/C9H5NO4/c10-7(11)4-1-2-5-6(3-4)9(13)14-8(5)12/h1-3H,(H2,10,11). The van der Waals surface area contributed by atoms with E-state index in [2.05, 4.69) is 4.74 Å². The second-order valence-corrected chi connectivity index (χ2v) is 2.80. The summed E-state index contributed by atoms with van der Waals surface area (Å²) in [6, 6.07) is 3.98. The van der Waals surface area contributed by atoms with E-state index in [1.165, 1.54) is 18.2 Å². The summed E-state index contributed by atoms with van der Waals surface area (Å²) < 4.78 is 4.34. The summed E-state index contributed by atoms with van der Waals surface area (Å²) in [4.78, 5) is 32.8. The predicted octanol–water partition coefficient (Wildman–Crippen LogP) is 0.0961. The average Bonchev–Trinajstić information content (AvgIpc) is 2.42. The first kappa shape index (κ1) is 8.43. The average molecular weight is 191 g/mol. The molecule has 5 nitrogen and oxygen atoms in total. The molecule has 0 fully saturated rings. The van der Waals surface area contributed by atoms with Gasteiger partial charge in [0.25, 0.3) is 0 Å². The Morgan fingerprint density at radius 1 is 1.14 bits per heavy atom. The van der Waals surface area contributed by atoms with Crippen LogP contribution in [0.25, 0.3) is 0 Å². The molecule has 0 unspecified atom stereocenters. The van der Waals surface area contributed by atoms with Crippen molar-refractivity contribution >= 4 is 17.8 Å². The number of nitrogens with two attached hydrogens (primary N) is 1. The van der Waals surface area contributed by atoms with Crippen molar-refractivity contribution in [2.45, 2.75) is 0 Å². The number of ether oxygens (including phenoxy) is 1. The first-order valence-corrected chi connectivity index (χ1v) is 3.80. The van der Waals surface area contributed by atoms with E-state index in [1.54, 1.807) is 0 Å². The molecule has 0 radical (unpaired) electrons. The minimum Gasteiger partial charge on any atom is -0.386 e. The molecule has 0 spiro atoms. The highest BCUT2D eigenvalue weighted by Gasteiger charge is 2.29. The number of esters is 2. The Balaban J connectivity index is 2.61. The number of rotatable bonds is 1. The van der Waals surface area contributed by atoms with Gasteiger partial charge >= 0.3 is 11.9 Å². The lowest BCUT2D eigenvalue weighted by Gasteiger charge is -1.95. The van der Waals surface area contributed by atoms with Gasteiger partial charge < -0.3 is 10.5 Å². The van der Waals surface area contributed by atoms with Gasteiger partial charge in [-0.25, -0.2) is 9.59 Å². The second-order valence-electron chi connectivity index (χ2n) is 2.80. The predicted molar refractivity (Wildman–Crippen MR) is 44.7 cm³/mol. The highest BCUT2D eigenvalue weighted by atomic mass is 16.6. The number of amides is 1. The van der Waals surface area contributed by atoms with Crippen molar-refractivity contribution in [1.82, 2.24) is 0 Å². The van der Waals surface area contributed by atoms with Crippen LogP contribution in [0.2, 0.25) is 0 Å². The maximum Gasteiger partial charge on any atom is 0.346 e. The number of carbonyl (C=O) groups excluding carboxylic acids is 3. The third kappa shape index (κ3) is 1.06. The van der Waals surface area contributed by atoms with Gasteiger partial charge in [0, 0.05) is 5.56 Å². The van der Waals surface area contributed by atoms with Gasteiger partial charge in [-0.15, -0.1) is 0 Å². The van der Waals surface area contributed by atoms with E-state index in [0.29, 0.717) is 0 Å². The molecule has 1 heterocycles. The van der Waals surface area contributed by atoms with Crippen molar-refractivity contribution in [3.63, 3.8) is 0 Å². The van der Waals surface area contributed by atoms with Crippen molar-refractivity contribution in [1.29, 1.82) is 0 Å². The number of hydrogen-bond acceptors (Lipinski definition) is 4. The molecule has 14 heavy (non-hydrogen) atoms. The summed E-state index contributed by atoms with van der Waals surface area (Å²) in [6.45, 7) is 0. The maximum atomic E-state index is 11.1. The first-order valence-electron chi connectivity index (χ1n) is 3.80. The Morgan fingerprint density at radius 2 is 1.79 bits per heavy atom. The van der Waals surface area contributed by atoms with Crippen molar-refractivity contribution in [3.05, 3.63) is 34.9 Å². The molecular weight excluding hydrogens is 186 g/mol. The molecular formula is C9H5NO4. The number of cyclic esters (lactones) is 2. The van der Waals surface area contributed by atoms with Crippen molar-refractivity contribution in [2.24, 2.45) is 5.73 Å². The molecule has 1 aliphatic heterocycles. The van der Waals surface area contributed by atoms with E-state index in [0.717, 1.165) is 0 Å². The number of hydrogen-bond donors (Lipinski definition) is 1. The van der Waals surface area contributed by atoms with E-state index in [9.17, 15) is 14.4 Å². The van der Waals surface area contributed by atoms with Gasteiger partial charge in [0.15, 0.2) is 0 Å². The van der Waals surface area contributed by atoms with Crippen LogP contribution in [-0.4, -0.2) is 17.8 Å². The van der Waals surface area contributed by atoms with E-state index in [4.69, 9.17) is 5.73 Å². The van der Waals surface area contributed by atoms with Crippen LogP contribution in [0.1, 0.15) is 31.1 Å². The lowest BCUT2D eigenvalue weighted by atomic mass is 10.1. The molecule has 0 aliphatic carbocycles. The molecule has 5 heteroatoms. The monoisotopic (exact) mass is 191 g/mol. The normalized spacial score (nSPS) is 13.7. The third-order valence-corrected chi connectivity index (χ3v) is 1.93. The zero-order valence-electron chi connectivity index (χ0n) is 6.94. The zero-order valence-corrected chi connectivity index (χ0v) is 6.94. The van der Waals surface area contributed by atoms with Gasteiger partial charge in [0.05, 0.1) is 11.1 Å². The smallest absolute Gasteiger partial charge is 0.346 e. The zero-order chi connectivity index (χ0) is 10.3. The van der Waals surface area contributed by atoms with E-state index < -0.39 is 17.8 Å². The molecule has 0 saturated heterocycles. The molecule has 1 aromatic rings. The van der Waals surface area contributed by atoms with Crippen molar-refractivity contribution in [3.8, 4) is 0 Å². The van der Waals surface area contributed by atoms with Crippen LogP contribution in [0.5, 0.6) is 0 Å². The minimum absolute atomic E-state index is 0.0892. The lowest BCUT2D eigenvalue weighted by Crippen LogP contribution is -2.11. The van der Waals surface area contributed by atoms with Gasteiger partial charge in [-0.05, 0) is 18.2 Å². The largest absolute Gasteiger partial charge is 0.386 e. The number of carbonyl (C=O) groups is 3. The Bertz CT molecular complexity index is 464. The van der Waals surface area contributed by atoms with E-state index in [1.807, 2.05) is 0 Å². The third-order valence-electron chi connectivity index (χ3n) is 1.93. The van der Waals surface area contributed by atoms with Crippen molar-refractivity contribution < 1.29 is 19.1 Å². The van der Waals surface area contributed by atoms with Gasteiger partial charge in [0.2, 0.25) is 5.91 Å². The number of benzene rings is 1. The molecule has 1 aromatic carbocycles. The summed E-state index contributed by atoms with van der Waals surface area (Å²) in [5.41, 5.74) is 5.44. The molecule has 1 aliphatic rings. The lowest BCUT2D eigenvalue weighted by molar-refractivity contribution is 0.0443. The Kier molecular flexibility index (Phi) is 1.60. The Labute approximate surface area is 78.5 Å². The second kappa shape index (κ2) is 2.66. The van der Waals surface area contributed by atoms with Crippen LogP contribution in [-0.2, 0) is 4.74 Å². The molecule has 2 rings (SSSR count). The summed E-state index contributed by atoms with van der Waals surface area (Å²) in [5, 5.41) is 0.